The summed E-state index contributed by atoms with van der Waals surface area (Å²) in [5.74, 6) is 0.759. The van der Waals surface area contributed by atoms with E-state index in [0.29, 0.717) is 30.5 Å². The molecule has 4 rings (SSSR count). The number of rotatable bonds is 7. The van der Waals surface area contributed by atoms with Gasteiger partial charge in [0.05, 0.1) is 4.88 Å². The second-order valence-electron chi connectivity index (χ2n) is 8.72. The van der Waals surface area contributed by atoms with Gasteiger partial charge in [0, 0.05) is 69.3 Å². The molecule has 3 aliphatic rings. The van der Waals surface area contributed by atoms with E-state index < -0.39 is 0 Å². The van der Waals surface area contributed by atoms with Crippen LogP contribution in [0.4, 0.5) is 0 Å². The van der Waals surface area contributed by atoms with Gasteiger partial charge in [0.15, 0.2) is 0 Å². The molecular formula is C22H33N3O3S. The van der Waals surface area contributed by atoms with Crippen LogP contribution in [0.3, 0.4) is 0 Å². The van der Waals surface area contributed by atoms with Crippen molar-refractivity contribution in [1.29, 1.82) is 0 Å². The maximum absolute atomic E-state index is 12.7. The Morgan fingerprint density at radius 3 is 2.52 bits per heavy atom. The van der Waals surface area contributed by atoms with Crippen LogP contribution in [0, 0.1) is 12.8 Å². The van der Waals surface area contributed by atoms with Crippen LogP contribution in [0.1, 0.15) is 46.7 Å². The summed E-state index contributed by atoms with van der Waals surface area (Å²) in [6, 6.07) is 4.81. The number of ether oxygens (including phenoxy) is 1. The van der Waals surface area contributed by atoms with E-state index in [1.165, 1.54) is 0 Å². The molecule has 0 radical (unpaired) electrons. The Morgan fingerprint density at radius 2 is 1.86 bits per heavy atom. The van der Waals surface area contributed by atoms with Crippen LogP contribution in [-0.4, -0.2) is 85.0 Å². The molecule has 3 fully saturated rings. The smallest absolute Gasteiger partial charge is 0.263 e. The van der Waals surface area contributed by atoms with Crippen LogP contribution < -0.4 is 0 Å². The van der Waals surface area contributed by atoms with Crippen molar-refractivity contribution in [1.82, 2.24) is 14.7 Å². The monoisotopic (exact) mass is 419 g/mol. The molecule has 1 saturated carbocycles. The van der Waals surface area contributed by atoms with E-state index in [-0.39, 0.29) is 5.91 Å². The lowest BCUT2D eigenvalue weighted by molar-refractivity contribution is -0.131. The molecule has 6 nitrogen and oxygen atoms in total. The third kappa shape index (κ3) is 5.01. The first-order valence-electron chi connectivity index (χ1n) is 11.0. The SMILES string of the molecule is Cc1ccc(C(=O)N(C)CCN(C2CCOCC2)C2CCN(C(=O)C3CC3)C2)s1. The molecule has 160 valence electrons. The van der Waals surface area contributed by atoms with Gasteiger partial charge in [-0.05, 0) is 51.2 Å². The number of carbonyl (C=O) groups is 2. The van der Waals surface area contributed by atoms with Crippen LogP contribution in [-0.2, 0) is 9.53 Å². The lowest BCUT2D eigenvalue weighted by atomic mass is 10.0. The summed E-state index contributed by atoms with van der Waals surface area (Å²) in [5, 5.41) is 0. The van der Waals surface area contributed by atoms with Gasteiger partial charge in [0.1, 0.15) is 0 Å². The topological polar surface area (TPSA) is 53.1 Å². The van der Waals surface area contributed by atoms with Crippen molar-refractivity contribution in [3.8, 4) is 0 Å². The summed E-state index contributed by atoms with van der Waals surface area (Å²) in [5.41, 5.74) is 0. The third-order valence-electron chi connectivity index (χ3n) is 6.52. The number of aryl methyl sites for hydroxylation is 1. The summed E-state index contributed by atoms with van der Waals surface area (Å²) in [7, 11) is 1.90. The van der Waals surface area contributed by atoms with Crippen LogP contribution in [0.15, 0.2) is 12.1 Å². The molecule has 0 spiro atoms. The Morgan fingerprint density at radius 1 is 1.10 bits per heavy atom. The van der Waals surface area contributed by atoms with Gasteiger partial charge in [-0.2, -0.15) is 0 Å². The van der Waals surface area contributed by atoms with Gasteiger partial charge in [-0.15, -0.1) is 11.3 Å². The van der Waals surface area contributed by atoms with Gasteiger partial charge in [-0.25, -0.2) is 0 Å². The second kappa shape index (κ2) is 9.14. The molecule has 0 bridgehead atoms. The number of carbonyl (C=O) groups excluding carboxylic acids is 2. The average Bonchev–Trinajstić information content (AvgIpc) is 3.32. The number of likely N-dealkylation sites (N-methyl/N-ethyl adjacent to an activating group) is 1. The Balaban J connectivity index is 1.38. The van der Waals surface area contributed by atoms with E-state index in [9.17, 15) is 9.59 Å². The quantitative estimate of drug-likeness (QED) is 0.682. The minimum Gasteiger partial charge on any atom is -0.381 e. The van der Waals surface area contributed by atoms with Crippen molar-refractivity contribution in [2.24, 2.45) is 5.92 Å². The average molecular weight is 420 g/mol. The number of hydrogen-bond donors (Lipinski definition) is 0. The molecule has 2 amide bonds. The highest BCUT2D eigenvalue weighted by atomic mass is 32.1. The van der Waals surface area contributed by atoms with Gasteiger partial charge in [-0.1, -0.05) is 0 Å². The predicted molar refractivity (Wildman–Crippen MR) is 114 cm³/mol. The van der Waals surface area contributed by atoms with E-state index in [0.717, 1.165) is 74.7 Å². The van der Waals surface area contributed by atoms with Crippen LogP contribution in [0.2, 0.25) is 0 Å². The molecular weight excluding hydrogens is 386 g/mol. The molecule has 7 heteroatoms. The predicted octanol–water partition coefficient (Wildman–Crippen LogP) is 2.62. The number of hydrogen-bond acceptors (Lipinski definition) is 5. The zero-order chi connectivity index (χ0) is 20.4. The Bertz CT molecular complexity index is 727. The van der Waals surface area contributed by atoms with Crippen molar-refractivity contribution in [2.75, 3.05) is 46.4 Å². The normalized spacial score (nSPS) is 23.0. The molecule has 3 heterocycles. The standard InChI is InChI=1S/C22H33N3O3S/c1-16-3-6-20(29-16)22(27)23(2)11-12-25(18-8-13-28-14-9-18)19-7-10-24(15-19)21(26)17-4-5-17/h3,6,17-19H,4-5,7-15H2,1-2H3. The maximum Gasteiger partial charge on any atom is 0.263 e. The highest BCUT2D eigenvalue weighted by molar-refractivity contribution is 7.13. The van der Waals surface area contributed by atoms with Crippen LogP contribution in [0.5, 0.6) is 0 Å². The summed E-state index contributed by atoms with van der Waals surface area (Å²) >= 11 is 1.56. The fourth-order valence-electron chi connectivity index (χ4n) is 4.59. The lowest BCUT2D eigenvalue weighted by Crippen LogP contribution is -2.50. The maximum atomic E-state index is 12.7. The van der Waals surface area contributed by atoms with Crippen molar-refractivity contribution in [3.63, 3.8) is 0 Å². The molecule has 1 unspecified atom stereocenters. The van der Waals surface area contributed by atoms with Gasteiger partial charge < -0.3 is 14.5 Å². The van der Waals surface area contributed by atoms with Crippen molar-refractivity contribution < 1.29 is 14.3 Å². The summed E-state index contributed by atoms with van der Waals surface area (Å²) in [4.78, 5) is 33.7. The fraction of sp³-hybridized carbons (Fsp3) is 0.727. The Labute approximate surface area is 177 Å². The van der Waals surface area contributed by atoms with Gasteiger partial charge >= 0.3 is 0 Å². The molecule has 1 aromatic rings. The first-order valence-corrected chi connectivity index (χ1v) is 11.8. The van der Waals surface area contributed by atoms with E-state index in [4.69, 9.17) is 4.74 Å². The largest absolute Gasteiger partial charge is 0.381 e. The fourth-order valence-corrected chi connectivity index (χ4v) is 5.45. The third-order valence-corrected chi connectivity index (χ3v) is 7.51. The molecule has 1 aliphatic carbocycles. The molecule has 1 atom stereocenters. The Kier molecular flexibility index (Phi) is 6.56. The molecule has 1 aromatic heterocycles. The molecule has 2 saturated heterocycles. The zero-order valence-corrected chi connectivity index (χ0v) is 18.5. The summed E-state index contributed by atoms with van der Waals surface area (Å²) in [6.45, 7) is 6.93. The first kappa shape index (κ1) is 20.8. The highest BCUT2D eigenvalue weighted by Crippen LogP contribution is 2.33. The van der Waals surface area contributed by atoms with E-state index in [1.54, 1.807) is 11.3 Å². The minimum absolute atomic E-state index is 0.104. The molecule has 2 aliphatic heterocycles. The first-order chi connectivity index (χ1) is 14.0. The lowest BCUT2D eigenvalue weighted by Gasteiger charge is -2.39. The Hall–Kier alpha value is -1.44. The number of amides is 2. The summed E-state index contributed by atoms with van der Waals surface area (Å²) < 4.78 is 5.58. The second-order valence-corrected chi connectivity index (χ2v) is 10.0. The number of likely N-dealkylation sites (tertiary alicyclic amines) is 1. The number of nitrogens with zero attached hydrogens (tertiary/aromatic N) is 3. The van der Waals surface area contributed by atoms with Gasteiger partial charge in [-0.3, -0.25) is 14.5 Å². The summed E-state index contributed by atoms with van der Waals surface area (Å²) in [6.07, 6.45) is 5.25. The van der Waals surface area contributed by atoms with Crippen LogP contribution >= 0.6 is 11.3 Å². The van der Waals surface area contributed by atoms with Crippen molar-refractivity contribution >= 4 is 23.2 Å². The van der Waals surface area contributed by atoms with Crippen molar-refractivity contribution in [3.05, 3.63) is 21.9 Å². The van der Waals surface area contributed by atoms with Crippen molar-refractivity contribution in [2.45, 2.75) is 51.1 Å². The van der Waals surface area contributed by atoms with E-state index >= 15 is 0 Å². The van der Waals surface area contributed by atoms with Gasteiger partial charge in [0.2, 0.25) is 5.91 Å². The van der Waals surface area contributed by atoms with E-state index in [1.807, 2.05) is 31.0 Å². The number of thiophene rings is 1. The van der Waals surface area contributed by atoms with Gasteiger partial charge in [0.25, 0.3) is 5.91 Å². The molecule has 0 aromatic carbocycles. The van der Waals surface area contributed by atoms with Crippen LogP contribution in [0.25, 0.3) is 0 Å². The zero-order valence-electron chi connectivity index (χ0n) is 17.6. The molecule has 0 N–H and O–H groups in total. The molecule has 29 heavy (non-hydrogen) atoms. The minimum atomic E-state index is 0.104. The highest BCUT2D eigenvalue weighted by Gasteiger charge is 2.39. The van der Waals surface area contributed by atoms with E-state index in [2.05, 4.69) is 9.80 Å².